The van der Waals surface area contributed by atoms with Crippen molar-refractivity contribution >= 4 is 5.91 Å². The van der Waals surface area contributed by atoms with E-state index in [4.69, 9.17) is 0 Å². The first kappa shape index (κ1) is 14.8. The molecule has 4 aliphatic rings. The first-order valence-electron chi connectivity index (χ1n) is 9.49. The van der Waals surface area contributed by atoms with Gasteiger partial charge in [-0.05, 0) is 79.6 Å². The molecule has 3 fully saturated rings. The van der Waals surface area contributed by atoms with Crippen LogP contribution in [0, 0.1) is 40.9 Å². The molecule has 1 amide bonds. The number of hydrogen-bond donors (Lipinski definition) is 1. The van der Waals surface area contributed by atoms with E-state index in [0.29, 0.717) is 17.4 Å². The van der Waals surface area contributed by atoms with Gasteiger partial charge in [-0.15, -0.1) is 0 Å². The summed E-state index contributed by atoms with van der Waals surface area (Å²) in [7, 11) is 0. The van der Waals surface area contributed by atoms with Crippen LogP contribution in [0.5, 0.6) is 0 Å². The molecule has 2 nitrogen and oxygen atoms in total. The Morgan fingerprint density at radius 2 is 1.95 bits per heavy atom. The van der Waals surface area contributed by atoms with Gasteiger partial charge in [0.2, 0.25) is 5.91 Å². The minimum Gasteiger partial charge on any atom is -0.349 e. The third-order valence-corrected chi connectivity index (χ3v) is 7.94. The van der Waals surface area contributed by atoms with Crippen LogP contribution in [0.4, 0.5) is 0 Å². The van der Waals surface area contributed by atoms with Crippen LogP contribution in [0.1, 0.15) is 59.3 Å². The van der Waals surface area contributed by atoms with E-state index in [1.165, 1.54) is 38.5 Å². The van der Waals surface area contributed by atoms with Crippen LogP contribution in [0.25, 0.3) is 0 Å². The van der Waals surface area contributed by atoms with Gasteiger partial charge in [-0.2, -0.15) is 0 Å². The second-order valence-electron chi connectivity index (χ2n) is 9.04. The van der Waals surface area contributed by atoms with Gasteiger partial charge in [0.05, 0.1) is 0 Å². The van der Waals surface area contributed by atoms with Crippen molar-refractivity contribution < 1.29 is 4.79 Å². The fraction of sp³-hybridized carbons (Fsp3) is 0.850. The number of hydrogen-bond acceptors (Lipinski definition) is 1. The van der Waals surface area contributed by atoms with Gasteiger partial charge in [0.25, 0.3) is 0 Å². The second kappa shape index (κ2) is 5.11. The molecule has 3 aliphatic carbocycles. The van der Waals surface area contributed by atoms with E-state index < -0.39 is 0 Å². The molecule has 1 heterocycles. The minimum atomic E-state index is 0.126. The zero-order chi connectivity index (χ0) is 15.5. The van der Waals surface area contributed by atoms with Crippen LogP contribution in [0.3, 0.4) is 0 Å². The molecule has 3 saturated carbocycles. The molecule has 0 aromatic rings. The zero-order valence-electron chi connectivity index (χ0n) is 14.3. The summed E-state index contributed by atoms with van der Waals surface area (Å²) in [5, 5.41) is 3.22. The number of carbonyl (C=O) groups is 1. The van der Waals surface area contributed by atoms with Crippen LogP contribution in [-0.2, 0) is 4.79 Å². The highest BCUT2D eigenvalue weighted by molar-refractivity contribution is 5.88. The van der Waals surface area contributed by atoms with Crippen molar-refractivity contribution in [2.24, 2.45) is 40.9 Å². The maximum atomic E-state index is 11.6. The molecule has 2 heteroatoms. The molecule has 122 valence electrons. The third kappa shape index (κ3) is 2.02. The van der Waals surface area contributed by atoms with Crippen molar-refractivity contribution in [1.82, 2.24) is 5.32 Å². The van der Waals surface area contributed by atoms with Crippen LogP contribution >= 0.6 is 0 Å². The summed E-state index contributed by atoms with van der Waals surface area (Å²) in [5.74, 6) is 5.16. The van der Waals surface area contributed by atoms with Crippen LogP contribution < -0.4 is 5.32 Å². The predicted molar refractivity (Wildman–Crippen MR) is 89.2 cm³/mol. The van der Waals surface area contributed by atoms with Gasteiger partial charge in [-0.25, -0.2) is 0 Å². The lowest BCUT2D eigenvalue weighted by Gasteiger charge is -2.55. The summed E-state index contributed by atoms with van der Waals surface area (Å²) in [6, 6.07) is 0.422. The first-order chi connectivity index (χ1) is 10.5. The Bertz CT molecular complexity index is 496. The summed E-state index contributed by atoms with van der Waals surface area (Å²) in [4.78, 5) is 11.6. The molecule has 0 aromatic heterocycles. The smallest absolute Gasteiger partial charge is 0.243 e. The maximum Gasteiger partial charge on any atom is 0.243 e. The lowest BCUT2D eigenvalue weighted by atomic mass is 9.51. The molecule has 7 unspecified atom stereocenters. The summed E-state index contributed by atoms with van der Waals surface area (Å²) in [5.41, 5.74) is 0.587. The summed E-state index contributed by atoms with van der Waals surface area (Å²) in [6.45, 7) is 7.47. The largest absolute Gasteiger partial charge is 0.349 e. The lowest BCUT2D eigenvalue weighted by molar-refractivity contribution is -0.119. The van der Waals surface area contributed by atoms with Crippen molar-refractivity contribution in [3.05, 3.63) is 12.2 Å². The van der Waals surface area contributed by atoms with Gasteiger partial charge in [0.1, 0.15) is 0 Å². The first-order valence-corrected chi connectivity index (χ1v) is 9.49. The van der Waals surface area contributed by atoms with Gasteiger partial charge < -0.3 is 5.32 Å². The van der Waals surface area contributed by atoms with E-state index in [2.05, 4.69) is 32.2 Å². The predicted octanol–water partition coefficient (Wildman–Crippen LogP) is 4.17. The van der Waals surface area contributed by atoms with Crippen molar-refractivity contribution in [2.45, 2.75) is 65.3 Å². The fourth-order valence-electron chi connectivity index (χ4n) is 7.08. The van der Waals surface area contributed by atoms with Crippen molar-refractivity contribution in [2.75, 3.05) is 0 Å². The Hall–Kier alpha value is -0.790. The molecular formula is C20H31NO. The van der Waals surface area contributed by atoms with Crippen molar-refractivity contribution in [3.63, 3.8) is 0 Å². The van der Waals surface area contributed by atoms with Crippen LogP contribution in [0.15, 0.2) is 12.2 Å². The lowest BCUT2D eigenvalue weighted by Crippen LogP contribution is -2.54. The minimum absolute atomic E-state index is 0.126. The maximum absolute atomic E-state index is 11.6. The number of amides is 1. The van der Waals surface area contributed by atoms with E-state index in [9.17, 15) is 4.79 Å². The number of fused-ring (bicyclic) bond motifs is 5. The van der Waals surface area contributed by atoms with Gasteiger partial charge in [-0.1, -0.05) is 26.8 Å². The van der Waals surface area contributed by atoms with Gasteiger partial charge in [-0.3, -0.25) is 4.79 Å². The number of carbonyl (C=O) groups excluding carboxylic acids is 1. The van der Waals surface area contributed by atoms with E-state index in [1.807, 2.05) is 0 Å². The van der Waals surface area contributed by atoms with Crippen molar-refractivity contribution in [1.29, 1.82) is 0 Å². The Labute approximate surface area is 135 Å². The van der Waals surface area contributed by atoms with Crippen molar-refractivity contribution in [3.8, 4) is 0 Å². The monoisotopic (exact) mass is 301 g/mol. The van der Waals surface area contributed by atoms with E-state index >= 15 is 0 Å². The summed E-state index contributed by atoms with van der Waals surface area (Å²) < 4.78 is 0. The molecule has 22 heavy (non-hydrogen) atoms. The number of nitrogens with one attached hydrogen (secondary N) is 1. The molecule has 0 saturated heterocycles. The summed E-state index contributed by atoms with van der Waals surface area (Å²) in [6.07, 6.45) is 12.3. The fourth-order valence-corrected chi connectivity index (χ4v) is 7.08. The number of rotatable bonds is 1. The van der Waals surface area contributed by atoms with Gasteiger partial charge in [0.15, 0.2) is 0 Å². The van der Waals surface area contributed by atoms with E-state index in [-0.39, 0.29) is 5.91 Å². The Kier molecular flexibility index (Phi) is 3.43. The van der Waals surface area contributed by atoms with Crippen LogP contribution in [-0.4, -0.2) is 11.9 Å². The van der Waals surface area contributed by atoms with E-state index in [0.717, 1.165) is 29.6 Å². The molecule has 0 radical (unpaired) electrons. The zero-order valence-corrected chi connectivity index (χ0v) is 14.3. The highest BCUT2D eigenvalue weighted by atomic mass is 16.1. The molecule has 1 aliphatic heterocycles. The van der Waals surface area contributed by atoms with Crippen LogP contribution in [0.2, 0.25) is 0 Å². The topological polar surface area (TPSA) is 29.1 Å². The molecular weight excluding hydrogens is 270 g/mol. The average Bonchev–Trinajstić information content (AvgIpc) is 2.84. The van der Waals surface area contributed by atoms with Gasteiger partial charge >= 0.3 is 0 Å². The highest BCUT2D eigenvalue weighted by Crippen LogP contribution is 2.63. The molecule has 1 N–H and O–H groups in total. The standard InChI is InChI=1S/C20H31NO/c1-12(2)16-6-7-17-14-4-8-18-15(5-9-19(22)21-18)13(14)10-11-20(16,17)3/h5,9,12-18H,4,6-8,10-11H2,1-3H3,(H,21,22). The Morgan fingerprint density at radius 3 is 2.73 bits per heavy atom. The molecule has 0 spiro atoms. The molecule has 0 aromatic carbocycles. The highest BCUT2D eigenvalue weighted by Gasteiger charge is 2.56. The Balaban J connectivity index is 1.60. The SMILES string of the molecule is CC(C)C1CCC2C3CCC4NC(=O)C=CC4C3CCC12C. The summed E-state index contributed by atoms with van der Waals surface area (Å²) >= 11 is 0. The Morgan fingerprint density at radius 1 is 1.14 bits per heavy atom. The normalized spacial score (nSPS) is 50.3. The quantitative estimate of drug-likeness (QED) is 0.774. The molecule has 7 atom stereocenters. The second-order valence-corrected chi connectivity index (χ2v) is 9.04. The van der Waals surface area contributed by atoms with E-state index in [1.54, 1.807) is 6.08 Å². The molecule has 0 bridgehead atoms. The molecule has 4 rings (SSSR count). The third-order valence-electron chi connectivity index (χ3n) is 7.94. The van der Waals surface area contributed by atoms with Gasteiger partial charge in [0, 0.05) is 12.0 Å². The average molecular weight is 301 g/mol.